The van der Waals surface area contributed by atoms with Crippen LogP contribution in [0.4, 0.5) is 0 Å². The molecule has 388 valence electrons. The molecule has 3 N–H and O–H groups in total. The van der Waals surface area contributed by atoms with E-state index in [-0.39, 0.29) is 18.5 Å². The number of aliphatic hydroxyl groups is 2. The summed E-state index contributed by atoms with van der Waals surface area (Å²) in [6.07, 6.45) is 63.8. The monoisotopic (exact) mass is 920 g/mol. The Morgan fingerprint density at radius 2 is 0.631 bits per heavy atom. The van der Waals surface area contributed by atoms with Crippen LogP contribution in [-0.4, -0.2) is 47.4 Å². The van der Waals surface area contributed by atoms with Crippen molar-refractivity contribution in [3.63, 3.8) is 0 Å². The van der Waals surface area contributed by atoms with Gasteiger partial charge in [0.25, 0.3) is 0 Å². The molecule has 0 rings (SSSR count). The maximum absolute atomic E-state index is 12.5. The summed E-state index contributed by atoms with van der Waals surface area (Å²) in [5, 5.41) is 23.4. The van der Waals surface area contributed by atoms with E-state index in [0.29, 0.717) is 25.9 Å². The first kappa shape index (κ1) is 63.9. The Morgan fingerprint density at radius 3 is 0.938 bits per heavy atom. The van der Waals surface area contributed by atoms with Crippen LogP contribution in [0.2, 0.25) is 0 Å². The van der Waals surface area contributed by atoms with Crippen LogP contribution in [0.25, 0.3) is 0 Å². The molecule has 0 bridgehead atoms. The van der Waals surface area contributed by atoms with Gasteiger partial charge in [-0.1, -0.05) is 303 Å². The van der Waals surface area contributed by atoms with Gasteiger partial charge in [0.15, 0.2) is 0 Å². The van der Waals surface area contributed by atoms with Gasteiger partial charge >= 0.3 is 5.97 Å². The van der Waals surface area contributed by atoms with Crippen molar-refractivity contribution in [2.75, 3.05) is 13.2 Å². The average molecular weight is 921 g/mol. The van der Waals surface area contributed by atoms with E-state index < -0.39 is 12.1 Å². The molecule has 0 aromatic carbocycles. The highest BCUT2D eigenvalue weighted by molar-refractivity contribution is 5.76. The van der Waals surface area contributed by atoms with Gasteiger partial charge in [-0.15, -0.1) is 0 Å². The summed E-state index contributed by atoms with van der Waals surface area (Å²) in [5.74, 6) is -0.0601. The first-order chi connectivity index (χ1) is 32.0. The summed E-state index contributed by atoms with van der Waals surface area (Å²) < 4.78 is 5.46. The van der Waals surface area contributed by atoms with Crippen LogP contribution in [0.1, 0.15) is 341 Å². The Bertz CT molecular complexity index is 928. The molecule has 0 saturated carbocycles. The van der Waals surface area contributed by atoms with Crippen molar-refractivity contribution in [1.29, 1.82) is 0 Å². The number of hydrogen-bond acceptors (Lipinski definition) is 5. The minimum absolute atomic E-state index is 0.0113. The highest BCUT2D eigenvalue weighted by Gasteiger charge is 2.20. The molecule has 0 fully saturated rings. The number of esters is 1. The summed E-state index contributed by atoms with van der Waals surface area (Å²) in [6, 6.07) is -0.555. The maximum Gasteiger partial charge on any atom is 0.305 e. The number of unbranched alkanes of at least 4 members (excludes halogenated alkanes) is 45. The second kappa shape index (κ2) is 55.5. The molecule has 65 heavy (non-hydrogen) atoms. The Kier molecular flexibility index (Phi) is 54.5. The van der Waals surface area contributed by atoms with Gasteiger partial charge in [-0.05, 0) is 25.7 Å². The minimum atomic E-state index is -0.676. The van der Waals surface area contributed by atoms with Crippen molar-refractivity contribution in [3.8, 4) is 0 Å². The van der Waals surface area contributed by atoms with Crippen molar-refractivity contribution >= 4 is 11.9 Å². The number of nitrogens with one attached hydrogen (secondary N) is 1. The quantitative estimate of drug-likeness (QED) is 0.0417. The molecule has 6 heteroatoms. The maximum atomic E-state index is 12.5. The van der Waals surface area contributed by atoms with Crippen LogP contribution < -0.4 is 5.32 Å². The van der Waals surface area contributed by atoms with E-state index in [1.165, 1.54) is 250 Å². The molecular weight excluding hydrogens is 803 g/mol. The molecule has 0 aromatic heterocycles. The van der Waals surface area contributed by atoms with Gasteiger partial charge in [0, 0.05) is 12.8 Å². The first-order valence-electron chi connectivity index (χ1n) is 29.8. The number of carbonyl (C=O) groups excluding carboxylic acids is 2. The number of ether oxygens (including phenoxy) is 1. The predicted molar refractivity (Wildman–Crippen MR) is 283 cm³/mol. The fraction of sp³-hybridized carbons (Fsp3) is 0.966. The molecular formula is C59H117NO5. The third-order valence-corrected chi connectivity index (χ3v) is 14.2. The van der Waals surface area contributed by atoms with Gasteiger partial charge < -0.3 is 20.3 Å². The number of carbonyl (C=O) groups is 2. The Balaban J connectivity index is 3.44. The highest BCUT2D eigenvalue weighted by atomic mass is 16.5. The Hall–Kier alpha value is -1.14. The van der Waals surface area contributed by atoms with Crippen LogP contribution in [-0.2, 0) is 14.3 Å². The number of amides is 1. The van der Waals surface area contributed by atoms with Crippen molar-refractivity contribution < 1.29 is 24.5 Å². The summed E-state index contributed by atoms with van der Waals surface area (Å²) in [6.45, 7) is 4.94. The summed E-state index contributed by atoms with van der Waals surface area (Å²) >= 11 is 0. The molecule has 0 aliphatic heterocycles. The van der Waals surface area contributed by atoms with E-state index in [4.69, 9.17) is 4.74 Å². The molecule has 2 unspecified atom stereocenters. The second-order valence-corrected chi connectivity index (χ2v) is 20.7. The van der Waals surface area contributed by atoms with Gasteiger partial charge in [0.1, 0.15) is 0 Å². The van der Waals surface area contributed by atoms with Crippen molar-refractivity contribution in [1.82, 2.24) is 5.32 Å². The highest BCUT2D eigenvalue weighted by Crippen LogP contribution is 2.18. The zero-order valence-electron chi connectivity index (χ0n) is 44.3. The molecule has 0 heterocycles. The van der Waals surface area contributed by atoms with Crippen molar-refractivity contribution in [3.05, 3.63) is 0 Å². The Morgan fingerprint density at radius 1 is 0.369 bits per heavy atom. The third-order valence-electron chi connectivity index (χ3n) is 14.2. The van der Waals surface area contributed by atoms with E-state index in [1.807, 2.05) is 0 Å². The van der Waals surface area contributed by atoms with E-state index in [0.717, 1.165) is 57.8 Å². The lowest BCUT2D eigenvalue weighted by Gasteiger charge is -2.22. The largest absolute Gasteiger partial charge is 0.466 e. The van der Waals surface area contributed by atoms with Crippen LogP contribution in [0.5, 0.6) is 0 Å². The topological polar surface area (TPSA) is 95.9 Å². The molecule has 2 atom stereocenters. The zero-order chi connectivity index (χ0) is 47.2. The second-order valence-electron chi connectivity index (χ2n) is 20.7. The number of hydrogen-bond donors (Lipinski definition) is 3. The fourth-order valence-electron chi connectivity index (χ4n) is 9.58. The molecule has 1 amide bonds. The molecule has 0 aliphatic carbocycles. The summed E-state index contributed by atoms with van der Waals surface area (Å²) in [7, 11) is 0. The van der Waals surface area contributed by atoms with Crippen molar-refractivity contribution in [2.45, 2.75) is 353 Å². The average Bonchev–Trinajstić information content (AvgIpc) is 3.31. The summed E-state index contributed by atoms with van der Waals surface area (Å²) in [4.78, 5) is 24.5. The molecule has 0 aliphatic rings. The smallest absolute Gasteiger partial charge is 0.305 e. The lowest BCUT2D eigenvalue weighted by molar-refractivity contribution is -0.143. The molecule has 6 nitrogen and oxygen atoms in total. The third kappa shape index (κ3) is 52.1. The Labute approximate surface area is 406 Å². The number of rotatable bonds is 56. The molecule has 0 saturated heterocycles. The van der Waals surface area contributed by atoms with Crippen LogP contribution >= 0.6 is 0 Å². The lowest BCUT2D eigenvalue weighted by atomic mass is 10.0. The predicted octanol–water partition coefficient (Wildman–Crippen LogP) is 18.3. The normalized spacial score (nSPS) is 12.5. The SMILES string of the molecule is CCCCCCCCCCCCCCCCCCCCCCCCCCCC(O)C(CO)NC(=O)CCCCCCCCCCCCCOC(=O)CCCCCCCCCCCCCC. The molecule has 0 aromatic rings. The van der Waals surface area contributed by atoms with Gasteiger partial charge in [0.2, 0.25) is 5.91 Å². The van der Waals surface area contributed by atoms with Gasteiger partial charge in [-0.25, -0.2) is 0 Å². The van der Waals surface area contributed by atoms with E-state index >= 15 is 0 Å². The van der Waals surface area contributed by atoms with Crippen LogP contribution in [0.3, 0.4) is 0 Å². The van der Waals surface area contributed by atoms with E-state index in [1.54, 1.807) is 0 Å². The van der Waals surface area contributed by atoms with Gasteiger partial charge in [0.05, 0.1) is 25.4 Å². The van der Waals surface area contributed by atoms with Crippen LogP contribution in [0, 0.1) is 0 Å². The van der Waals surface area contributed by atoms with E-state index in [2.05, 4.69) is 19.2 Å². The molecule has 0 spiro atoms. The fourth-order valence-corrected chi connectivity index (χ4v) is 9.58. The first-order valence-corrected chi connectivity index (χ1v) is 29.8. The minimum Gasteiger partial charge on any atom is -0.466 e. The number of aliphatic hydroxyl groups excluding tert-OH is 2. The zero-order valence-corrected chi connectivity index (χ0v) is 44.3. The lowest BCUT2D eigenvalue weighted by Crippen LogP contribution is -2.45. The summed E-state index contributed by atoms with van der Waals surface area (Å²) in [5.41, 5.74) is 0. The van der Waals surface area contributed by atoms with Gasteiger partial charge in [-0.2, -0.15) is 0 Å². The van der Waals surface area contributed by atoms with Gasteiger partial charge in [-0.3, -0.25) is 9.59 Å². The standard InChI is InChI=1S/C59H117NO5/c1-3-5-7-9-11-13-15-17-18-19-20-21-22-23-24-25-26-27-28-29-31-35-39-43-47-51-57(62)56(55-61)60-58(63)52-48-44-40-36-32-30-34-38-42-46-50-54-65-59(64)53-49-45-41-37-33-16-14-12-10-8-6-4-2/h56-57,61-62H,3-55H2,1-2H3,(H,60,63). The molecule has 0 radical (unpaired) electrons. The van der Waals surface area contributed by atoms with Crippen molar-refractivity contribution in [2.24, 2.45) is 0 Å². The van der Waals surface area contributed by atoms with E-state index in [9.17, 15) is 19.8 Å². The van der Waals surface area contributed by atoms with Crippen LogP contribution in [0.15, 0.2) is 0 Å².